The molecule has 0 atom stereocenters. The van der Waals surface area contributed by atoms with Crippen molar-refractivity contribution in [2.24, 2.45) is 0 Å². The Balaban J connectivity index is 2.13. The second-order valence-corrected chi connectivity index (χ2v) is 6.63. The van der Waals surface area contributed by atoms with Gasteiger partial charge in [-0.2, -0.15) is 5.10 Å². The Hall–Kier alpha value is -2.43. The predicted octanol–water partition coefficient (Wildman–Crippen LogP) is 2.77. The summed E-state index contributed by atoms with van der Waals surface area (Å²) in [5.74, 6) is 0.677. The topological polar surface area (TPSA) is 63.6 Å². The number of fused-ring (bicyclic) bond motifs is 1. The molecular formula is C17H20N4O. The maximum absolute atomic E-state index is 12.2. The molecule has 2 aromatic heterocycles. The van der Waals surface area contributed by atoms with Crippen LogP contribution in [0, 0.1) is 6.92 Å². The lowest BCUT2D eigenvalue weighted by molar-refractivity contribution is 0.543. The molecule has 22 heavy (non-hydrogen) atoms. The first-order valence-electron chi connectivity index (χ1n) is 7.37. The molecule has 0 saturated carbocycles. The Bertz CT molecular complexity index is 884. The van der Waals surface area contributed by atoms with Crippen molar-refractivity contribution in [3.63, 3.8) is 0 Å². The van der Waals surface area contributed by atoms with Crippen molar-refractivity contribution in [2.45, 2.75) is 39.7 Å². The molecule has 0 aliphatic carbocycles. The Kier molecular flexibility index (Phi) is 3.35. The highest BCUT2D eigenvalue weighted by molar-refractivity contribution is 5.73. The quantitative estimate of drug-likeness (QED) is 0.791. The maximum atomic E-state index is 12.2. The van der Waals surface area contributed by atoms with Crippen molar-refractivity contribution in [3.05, 3.63) is 57.8 Å². The van der Waals surface area contributed by atoms with Crippen LogP contribution in [-0.2, 0) is 12.0 Å². The minimum Gasteiger partial charge on any atom is -0.309 e. The maximum Gasteiger partial charge on any atom is 0.262 e. The number of aromatic nitrogens is 4. The summed E-state index contributed by atoms with van der Waals surface area (Å²) in [5, 5.41) is 4.88. The number of H-pyrrole nitrogens is 1. The molecule has 0 amide bonds. The average molecular weight is 296 g/mol. The zero-order valence-electron chi connectivity index (χ0n) is 13.3. The minimum absolute atomic E-state index is 0.133. The van der Waals surface area contributed by atoms with Gasteiger partial charge >= 0.3 is 0 Å². The Morgan fingerprint density at radius 1 is 1.23 bits per heavy atom. The molecule has 114 valence electrons. The van der Waals surface area contributed by atoms with Gasteiger partial charge in [-0.05, 0) is 18.1 Å². The first-order chi connectivity index (χ1) is 10.4. The summed E-state index contributed by atoms with van der Waals surface area (Å²) >= 11 is 0. The highest BCUT2D eigenvalue weighted by Crippen LogP contribution is 2.19. The van der Waals surface area contributed by atoms with Gasteiger partial charge in [0.05, 0.1) is 12.7 Å². The van der Waals surface area contributed by atoms with E-state index >= 15 is 0 Å². The van der Waals surface area contributed by atoms with Crippen LogP contribution in [0.3, 0.4) is 0 Å². The largest absolute Gasteiger partial charge is 0.309 e. The number of rotatable bonds is 2. The molecule has 0 fully saturated rings. The Morgan fingerprint density at radius 3 is 2.64 bits per heavy atom. The van der Waals surface area contributed by atoms with E-state index in [1.54, 1.807) is 10.9 Å². The molecule has 3 aromatic rings. The number of hydrogen-bond acceptors (Lipinski definition) is 3. The van der Waals surface area contributed by atoms with E-state index in [4.69, 9.17) is 0 Å². The van der Waals surface area contributed by atoms with E-state index in [1.807, 2.05) is 32.9 Å². The summed E-state index contributed by atoms with van der Waals surface area (Å²) < 4.78 is 1.79. The van der Waals surface area contributed by atoms with Gasteiger partial charge in [0.2, 0.25) is 0 Å². The van der Waals surface area contributed by atoms with Crippen molar-refractivity contribution in [1.29, 1.82) is 0 Å². The van der Waals surface area contributed by atoms with Crippen LogP contribution in [0.4, 0.5) is 0 Å². The number of nitrogens with zero attached hydrogens (tertiary/aromatic N) is 3. The molecule has 3 rings (SSSR count). The SMILES string of the molecule is Cc1ccccc1Cn1ncc2c(=O)[nH]c(C(C)(C)C)nc21. The van der Waals surface area contributed by atoms with Gasteiger partial charge in [-0.3, -0.25) is 4.79 Å². The molecule has 0 spiro atoms. The van der Waals surface area contributed by atoms with E-state index < -0.39 is 0 Å². The van der Waals surface area contributed by atoms with Crippen molar-refractivity contribution in [1.82, 2.24) is 19.7 Å². The first-order valence-corrected chi connectivity index (χ1v) is 7.37. The molecule has 0 aliphatic heterocycles. The van der Waals surface area contributed by atoms with Crippen LogP contribution in [0.2, 0.25) is 0 Å². The van der Waals surface area contributed by atoms with Crippen molar-refractivity contribution < 1.29 is 0 Å². The third kappa shape index (κ3) is 2.54. The molecule has 2 heterocycles. The van der Waals surface area contributed by atoms with Crippen LogP contribution < -0.4 is 5.56 Å². The van der Waals surface area contributed by atoms with Crippen LogP contribution in [0.1, 0.15) is 37.7 Å². The molecule has 0 aliphatic rings. The predicted molar refractivity (Wildman–Crippen MR) is 87.1 cm³/mol. The monoisotopic (exact) mass is 296 g/mol. The summed E-state index contributed by atoms with van der Waals surface area (Å²) in [6.07, 6.45) is 1.59. The summed E-state index contributed by atoms with van der Waals surface area (Å²) in [6, 6.07) is 8.16. The van der Waals surface area contributed by atoms with Crippen LogP contribution in [0.25, 0.3) is 11.0 Å². The molecule has 0 bridgehead atoms. The van der Waals surface area contributed by atoms with E-state index in [9.17, 15) is 4.79 Å². The van der Waals surface area contributed by atoms with E-state index in [-0.39, 0.29) is 11.0 Å². The summed E-state index contributed by atoms with van der Waals surface area (Å²) in [6.45, 7) is 8.76. The molecule has 5 heteroatoms. The van der Waals surface area contributed by atoms with E-state index in [0.717, 1.165) is 0 Å². The van der Waals surface area contributed by atoms with Crippen LogP contribution >= 0.6 is 0 Å². The minimum atomic E-state index is -0.217. The zero-order valence-corrected chi connectivity index (χ0v) is 13.3. The standard InChI is InChI=1S/C17H20N4O/c1-11-7-5-6-8-12(11)10-21-14-13(9-18-21)15(22)20-16(19-14)17(2,3)4/h5-9H,10H2,1-4H3,(H,19,20,22). The van der Waals surface area contributed by atoms with Gasteiger partial charge in [-0.1, -0.05) is 45.0 Å². The highest BCUT2D eigenvalue weighted by Gasteiger charge is 2.19. The third-order valence-corrected chi connectivity index (χ3v) is 3.80. The Morgan fingerprint density at radius 2 is 1.95 bits per heavy atom. The van der Waals surface area contributed by atoms with Crippen molar-refractivity contribution in [3.8, 4) is 0 Å². The third-order valence-electron chi connectivity index (χ3n) is 3.80. The lowest BCUT2D eigenvalue weighted by Gasteiger charge is -2.17. The van der Waals surface area contributed by atoms with Gasteiger partial charge < -0.3 is 4.98 Å². The van der Waals surface area contributed by atoms with Gasteiger partial charge in [-0.15, -0.1) is 0 Å². The van der Waals surface area contributed by atoms with E-state index in [1.165, 1.54) is 11.1 Å². The molecular weight excluding hydrogens is 276 g/mol. The number of hydrogen-bond donors (Lipinski definition) is 1. The number of aromatic amines is 1. The first kappa shape index (κ1) is 14.5. The lowest BCUT2D eigenvalue weighted by atomic mass is 9.96. The van der Waals surface area contributed by atoms with Gasteiger partial charge in [-0.25, -0.2) is 9.67 Å². The van der Waals surface area contributed by atoms with Gasteiger partial charge in [0, 0.05) is 5.41 Å². The van der Waals surface area contributed by atoms with Crippen LogP contribution in [-0.4, -0.2) is 19.7 Å². The molecule has 0 saturated heterocycles. The number of nitrogens with one attached hydrogen (secondary N) is 1. The highest BCUT2D eigenvalue weighted by atomic mass is 16.1. The number of benzene rings is 1. The van der Waals surface area contributed by atoms with E-state index in [2.05, 4.69) is 34.1 Å². The molecule has 1 aromatic carbocycles. The fourth-order valence-corrected chi connectivity index (χ4v) is 2.39. The molecule has 0 unspecified atom stereocenters. The average Bonchev–Trinajstić information content (AvgIpc) is 2.84. The van der Waals surface area contributed by atoms with Crippen molar-refractivity contribution >= 4 is 11.0 Å². The second kappa shape index (κ2) is 5.09. The molecule has 5 nitrogen and oxygen atoms in total. The molecule has 1 N–H and O–H groups in total. The van der Waals surface area contributed by atoms with Gasteiger partial charge in [0.25, 0.3) is 5.56 Å². The van der Waals surface area contributed by atoms with Gasteiger partial charge in [0.1, 0.15) is 11.2 Å². The lowest BCUT2D eigenvalue weighted by Crippen LogP contribution is -2.22. The molecule has 0 radical (unpaired) electrons. The summed E-state index contributed by atoms with van der Waals surface area (Å²) in [4.78, 5) is 19.7. The van der Waals surface area contributed by atoms with Crippen LogP contribution in [0.15, 0.2) is 35.3 Å². The zero-order chi connectivity index (χ0) is 15.9. The van der Waals surface area contributed by atoms with Crippen LogP contribution in [0.5, 0.6) is 0 Å². The van der Waals surface area contributed by atoms with Gasteiger partial charge in [0.15, 0.2) is 5.65 Å². The normalized spacial score (nSPS) is 12.0. The number of aryl methyl sites for hydroxylation is 1. The smallest absolute Gasteiger partial charge is 0.262 e. The summed E-state index contributed by atoms with van der Waals surface area (Å²) in [5.41, 5.74) is 2.66. The Labute approximate surface area is 129 Å². The van der Waals surface area contributed by atoms with E-state index in [0.29, 0.717) is 23.4 Å². The summed E-state index contributed by atoms with van der Waals surface area (Å²) in [7, 11) is 0. The second-order valence-electron chi connectivity index (χ2n) is 6.63. The fourth-order valence-electron chi connectivity index (χ4n) is 2.39. The van der Waals surface area contributed by atoms with Crippen molar-refractivity contribution in [2.75, 3.05) is 0 Å². The fraction of sp³-hybridized carbons (Fsp3) is 0.353.